The highest BCUT2D eigenvalue weighted by molar-refractivity contribution is 9.10. The molecule has 1 rings (SSSR count). The Kier molecular flexibility index (Phi) is 3.06. The molecule has 12 heavy (non-hydrogen) atoms. The van der Waals surface area contributed by atoms with Gasteiger partial charge < -0.3 is 5.73 Å². The number of halogens is 1. The highest BCUT2D eigenvalue weighted by atomic mass is 79.9. The van der Waals surface area contributed by atoms with Crippen LogP contribution in [0.15, 0.2) is 29.3 Å². The SMILES string of the molecule is C=C(CN)c1ccc(Br)cc1C. The number of rotatable bonds is 2. The van der Waals surface area contributed by atoms with Gasteiger partial charge in [-0.05, 0) is 35.8 Å². The minimum Gasteiger partial charge on any atom is -0.326 e. The van der Waals surface area contributed by atoms with Gasteiger partial charge >= 0.3 is 0 Å². The minimum absolute atomic E-state index is 0.516. The first-order valence-corrected chi connectivity index (χ1v) is 4.59. The number of benzene rings is 1. The maximum Gasteiger partial charge on any atom is 0.0178 e. The maximum atomic E-state index is 5.50. The first-order chi connectivity index (χ1) is 5.65. The molecule has 0 radical (unpaired) electrons. The van der Waals surface area contributed by atoms with Gasteiger partial charge in [0, 0.05) is 11.0 Å². The molecular weight excluding hydrogens is 214 g/mol. The fourth-order valence-corrected chi connectivity index (χ4v) is 1.61. The zero-order valence-corrected chi connectivity index (χ0v) is 8.69. The van der Waals surface area contributed by atoms with Gasteiger partial charge in [-0.3, -0.25) is 0 Å². The molecule has 0 unspecified atom stereocenters. The van der Waals surface area contributed by atoms with Crippen molar-refractivity contribution in [3.05, 3.63) is 40.4 Å². The van der Waals surface area contributed by atoms with Crippen molar-refractivity contribution >= 4 is 21.5 Å². The lowest BCUT2D eigenvalue weighted by Gasteiger charge is -2.06. The number of nitrogens with two attached hydrogens (primary N) is 1. The van der Waals surface area contributed by atoms with E-state index in [1.54, 1.807) is 0 Å². The molecule has 0 fully saturated rings. The average Bonchev–Trinajstić information content (AvgIpc) is 2.03. The van der Waals surface area contributed by atoms with E-state index in [9.17, 15) is 0 Å². The highest BCUT2D eigenvalue weighted by Gasteiger charge is 2.00. The van der Waals surface area contributed by atoms with Crippen LogP contribution in [0.5, 0.6) is 0 Å². The van der Waals surface area contributed by atoms with Crippen molar-refractivity contribution < 1.29 is 0 Å². The second kappa shape index (κ2) is 3.87. The van der Waals surface area contributed by atoms with Crippen LogP contribution in [0.2, 0.25) is 0 Å². The summed E-state index contributed by atoms with van der Waals surface area (Å²) in [6.07, 6.45) is 0. The van der Waals surface area contributed by atoms with Crippen molar-refractivity contribution in [1.29, 1.82) is 0 Å². The molecule has 0 saturated heterocycles. The molecule has 0 saturated carbocycles. The monoisotopic (exact) mass is 225 g/mol. The molecule has 0 aliphatic rings. The summed E-state index contributed by atoms with van der Waals surface area (Å²) < 4.78 is 1.09. The summed E-state index contributed by atoms with van der Waals surface area (Å²) in [5, 5.41) is 0. The van der Waals surface area contributed by atoms with Crippen molar-refractivity contribution in [2.45, 2.75) is 6.92 Å². The molecule has 64 valence electrons. The average molecular weight is 226 g/mol. The van der Waals surface area contributed by atoms with Crippen LogP contribution in [0.25, 0.3) is 5.57 Å². The molecule has 0 aromatic heterocycles. The van der Waals surface area contributed by atoms with Crippen molar-refractivity contribution in [3.8, 4) is 0 Å². The largest absolute Gasteiger partial charge is 0.326 e. The molecule has 2 N–H and O–H groups in total. The van der Waals surface area contributed by atoms with Gasteiger partial charge in [0.05, 0.1) is 0 Å². The van der Waals surface area contributed by atoms with Crippen molar-refractivity contribution in [2.75, 3.05) is 6.54 Å². The standard InChI is InChI=1S/C10H12BrN/c1-7-5-9(11)3-4-10(7)8(2)6-12/h3-5H,2,6,12H2,1H3. The third-order valence-electron chi connectivity index (χ3n) is 1.82. The molecule has 0 aliphatic heterocycles. The van der Waals surface area contributed by atoms with Crippen molar-refractivity contribution in [1.82, 2.24) is 0 Å². The lowest BCUT2D eigenvalue weighted by Crippen LogP contribution is -2.02. The van der Waals surface area contributed by atoms with Crippen LogP contribution in [-0.4, -0.2) is 6.54 Å². The minimum atomic E-state index is 0.516. The predicted molar refractivity (Wildman–Crippen MR) is 57.0 cm³/mol. The summed E-state index contributed by atoms with van der Waals surface area (Å²) in [6.45, 7) is 6.47. The molecule has 0 bridgehead atoms. The number of aryl methyl sites for hydroxylation is 1. The summed E-state index contributed by atoms with van der Waals surface area (Å²) in [6, 6.07) is 6.11. The third-order valence-corrected chi connectivity index (χ3v) is 2.31. The lowest BCUT2D eigenvalue weighted by atomic mass is 10.0. The van der Waals surface area contributed by atoms with E-state index in [-0.39, 0.29) is 0 Å². The van der Waals surface area contributed by atoms with E-state index in [1.165, 1.54) is 5.56 Å². The Morgan fingerprint density at radius 2 is 2.25 bits per heavy atom. The Hall–Kier alpha value is -0.600. The molecule has 1 nitrogen and oxygen atoms in total. The summed E-state index contributed by atoms with van der Waals surface area (Å²) in [5.74, 6) is 0. The van der Waals surface area contributed by atoms with Crippen LogP contribution < -0.4 is 5.73 Å². The first-order valence-electron chi connectivity index (χ1n) is 3.79. The molecule has 1 aromatic rings. The molecule has 0 atom stereocenters. The third kappa shape index (κ3) is 1.96. The van der Waals surface area contributed by atoms with Crippen LogP contribution in [0.3, 0.4) is 0 Å². The second-order valence-electron chi connectivity index (χ2n) is 2.77. The molecule has 0 spiro atoms. The molecular formula is C10H12BrN. The van der Waals surface area contributed by atoms with E-state index in [1.807, 2.05) is 12.1 Å². The first kappa shape index (κ1) is 9.49. The van der Waals surface area contributed by atoms with Crippen LogP contribution in [0, 0.1) is 6.92 Å². The Balaban J connectivity index is 3.09. The van der Waals surface area contributed by atoms with Crippen LogP contribution in [-0.2, 0) is 0 Å². The Labute approximate surface area is 81.4 Å². The van der Waals surface area contributed by atoms with Gasteiger partial charge in [0.15, 0.2) is 0 Å². The number of hydrogen-bond donors (Lipinski definition) is 1. The van der Waals surface area contributed by atoms with Gasteiger partial charge in [-0.2, -0.15) is 0 Å². The van der Waals surface area contributed by atoms with E-state index in [0.29, 0.717) is 6.54 Å². The van der Waals surface area contributed by atoms with Gasteiger partial charge in [-0.15, -0.1) is 0 Å². The Bertz CT molecular complexity index is 305. The molecule has 1 aromatic carbocycles. The summed E-state index contributed by atoms with van der Waals surface area (Å²) >= 11 is 3.41. The summed E-state index contributed by atoms with van der Waals surface area (Å²) in [4.78, 5) is 0. The van der Waals surface area contributed by atoms with Crippen LogP contribution in [0.4, 0.5) is 0 Å². The van der Waals surface area contributed by atoms with Crippen molar-refractivity contribution in [3.63, 3.8) is 0 Å². The van der Waals surface area contributed by atoms with Crippen LogP contribution in [0.1, 0.15) is 11.1 Å². The van der Waals surface area contributed by atoms with E-state index in [2.05, 4.69) is 35.5 Å². The topological polar surface area (TPSA) is 26.0 Å². The molecule has 0 heterocycles. The predicted octanol–water partition coefficient (Wildman–Crippen LogP) is 2.73. The summed E-state index contributed by atoms with van der Waals surface area (Å²) in [5.41, 5.74) is 8.85. The molecule has 0 aliphatic carbocycles. The maximum absolute atomic E-state index is 5.50. The molecule has 2 heteroatoms. The lowest BCUT2D eigenvalue weighted by molar-refractivity contribution is 1.25. The van der Waals surface area contributed by atoms with Gasteiger partial charge in [0.1, 0.15) is 0 Å². The Morgan fingerprint density at radius 3 is 2.75 bits per heavy atom. The molecule has 0 amide bonds. The van der Waals surface area contributed by atoms with E-state index >= 15 is 0 Å². The van der Waals surface area contributed by atoms with E-state index < -0.39 is 0 Å². The van der Waals surface area contributed by atoms with E-state index in [0.717, 1.165) is 15.6 Å². The zero-order valence-electron chi connectivity index (χ0n) is 7.10. The fourth-order valence-electron chi connectivity index (χ4n) is 1.13. The quantitative estimate of drug-likeness (QED) is 0.824. The van der Waals surface area contributed by atoms with Crippen LogP contribution >= 0.6 is 15.9 Å². The normalized spacial score (nSPS) is 9.92. The van der Waals surface area contributed by atoms with Gasteiger partial charge in [-0.1, -0.05) is 28.6 Å². The highest BCUT2D eigenvalue weighted by Crippen LogP contribution is 2.20. The Morgan fingerprint density at radius 1 is 1.58 bits per heavy atom. The van der Waals surface area contributed by atoms with Gasteiger partial charge in [-0.25, -0.2) is 0 Å². The van der Waals surface area contributed by atoms with E-state index in [4.69, 9.17) is 5.73 Å². The smallest absolute Gasteiger partial charge is 0.0178 e. The van der Waals surface area contributed by atoms with Crippen molar-refractivity contribution in [2.24, 2.45) is 5.73 Å². The second-order valence-corrected chi connectivity index (χ2v) is 3.68. The van der Waals surface area contributed by atoms with Gasteiger partial charge in [0.2, 0.25) is 0 Å². The van der Waals surface area contributed by atoms with Gasteiger partial charge in [0.25, 0.3) is 0 Å². The number of hydrogen-bond acceptors (Lipinski definition) is 1. The summed E-state index contributed by atoms with van der Waals surface area (Å²) in [7, 11) is 0. The zero-order chi connectivity index (χ0) is 9.14. The fraction of sp³-hybridized carbons (Fsp3) is 0.200.